The minimum Gasteiger partial charge on any atom is -0.462 e. The van der Waals surface area contributed by atoms with Crippen LogP contribution in [-0.2, 0) is 32.7 Å². The fourth-order valence-corrected chi connectivity index (χ4v) is 12.2. The molecule has 536 valence electrons. The minimum atomic E-state index is -4.40. The normalized spacial score (nSPS) is 13.5. The van der Waals surface area contributed by atoms with E-state index in [1.807, 2.05) is 21.1 Å². The third-order valence-corrected chi connectivity index (χ3v) is 18.4. The van der Waals surface area contributed by atoms with Crippen molar-refractivity contribution in [2.24, 2.45) is 0 Å². The van der Waals surface area contributed by atoms with Gasteiger partial charge in [0.1, 0.15) is 19.8 Å². The first-order valence-electron chi connectivity index (χ1n) is 39.3. The summed E-state index contributed by atoms with van der Waals surface area (Å²) in [4.78, 5) is 36.0. The van der Waals surface area contributed by atoms with Crippen LogP contribution in [0.2, 0.25) is 0 Å². The third kappa shape index (κ3) is 76.2. The van der Waals surface area contributed by atoms with E-state index in [0.717, 1.165) is 77.0 Å². The number of esters is 2. The van der Waals surface area contributed by atoms with Gasteiger partial charge in [0.05, 0.1) is 27.7 Å². The molecule has 0 bridgehead atoms. The van der Waals surface area contributed by atoms with Crippen LogP contribution in [0.15, 0.2) is 85.1 Å². The zero-order valence-electron chi connectivity index (χ0n) is 61.3. The van der Waals surface area contributed by atoms with E-state index in [4.69, 9.17) is 18.5 Å². The second-order valence-electron chi connectivity index (χ2n) is 27.7. The quantitative estimate of drug-likeness (QED) is 0.0211. The molecular weight excluding hydrogens is 1160 g/mol. The highest BCUT2D eigenvalue weighted by Crippen LogP contribution is 2.43. The Bertz CT molecular complexity index is 1830. The first-order chi connectivity index (χ1) is 45.0. The van der Waals surface area contributed by atoms with Gasteiger partial charge >= 0.3 is 19.8 Å². The number of hydrogen-bond donors (Lipinski definition) is 1. The maximum atomic E-state index is 12.9. The van der Waals surface area contributed by atoms with E-state index in [-0.39, 0.29) is 25.6 Å². The molecule has 0 aromatic carbocycles. The highest BCUT2D eigenvalue weighted by molar-refractivity contribution is 7.47. The van der Waals surface area contributed by atoms with Crippen LogP contribution in [0, 0.1) is 0 Å². The zero-order valence-corrected chi connectivity index (χ0v) is 62.2. The molecule has 10 heteroatoms. The summed E-state index contributed by atoms with van der Waals surface area (Å²) < 4.78 is 34.8. The summed E-state index contributed by atoms with van der Waals surface area (Å²) in [5, 5.41) is 0. The minimum absolute atomic E-state index is 0.0318. The average molecular weight is 1310 g/mol. The number of allylic oxidation sites excluding steroid dienone is 14. The number of carbonyl (C=O) groups excluding carboxylic acids is 2. The first kappa shape index (κ1) is 89.2. The van der Waals surface area contributed by atoms with Crippen LogP contribution >= 0.6 is 7.82 Å². The van der Waals surface area contributed by atoms with Crippen molar-refractivity contribution in [3.05, 3.63) is 85.1 Å². The number of ether oxygens (including phenoxy) is 2. The highest BCUT2D eigenvalue weighted by Gasteiger charge is 2.27. The van der Waals surface area contributed by atoms with Crippen molar-refractivity contribution in [2.75, 3.05) is 47.5 Å². The van der Waals surface area contributed by atoms with Gasteiger partial charge in [0.15, 0.2) is 6.10 Å². The Morgan fingerprint density at radius 3 is 0.924 bits per heavy atom. The summed E-state index contributed by atoms with van der Waals surface area (Å²) >= 11 is 0. The molecule has 2 atom stereocenters. The number of hydrogen-bond acceptors (Lipinski definition) is 7. The molecule has 0 aromatic heterocycles. The monoisotopic (exact) mass is 1310 g/mol. The van der Waals surface area contributed by atoms with Crippen molar-refractivity contribution >= 4 is 19.8 Å². The Morgan fingerprint density at radius 2 is 0.620 bits per heavy atom. The van der Waals surface area contributed by atoms with Crippen LogP contribution in [0.3, 0.4) is 0 Å². The lowest BCUT2D eigenvalue weighted by atomic mass is 10.0. The third-order valence-electron chi connectivity index (χ3n) is 17.4. The molecule has 0 spiro atoms. The molecule has 92 heavy (non-hydrogen) atoms. The molecule has 2 unspecified atom stereocenters. The smallest absolute Gasteiger partial charge is 0.462 e. The molecule has 0 saturated carbocycles. The molecule has 9 nitrogen and oxygen atoms in total. The van der Waals surface area contributed by atoms with Crippen LogP contribution in [0.5, 0.6) is 0 Å². The van der Waals surface area contributed by atoms with Gasteiger partial charge in [-0.15, -0.1) is 0 Å². The van der Waals surface area contributed by atoms with Crippen molar-refractivity contribution in [1.29, 1.82) is 0 Å². The molecule has 0 aliphatic heterocycles. The molecule has 0 aliphatic rings. The summed E-state index contributed by atoms with van der Waals surface area (Å²) in [5.41, 5.74) is 0. The molecule has 0 rings (SSSR count). The molecular formula is C82H151NO8P+. The zero-order chi connectivity index (χ0) is 66.9. The molecule has 0 saturated heterocycles. The van der Waals surface area contributed by atoms with E-state index < -0.39 is 26.5 Å². The maximum Gasteiger partial charge on any atom is 0.472 e. The number of phosphoric acid groups is 1. The fourth-order valence-electron chi connectivity index (χ4n) is 11.5. The van der Waals surface area contributed by atoms with Gasteiger partial charge in [-0.25, -0.2) is 4.57 Å². The number of quaternary nitrogens is 1. The summed E-state index contributed by atoms with van der Waals surface area (Å²) in [6.45, 7) is 4.38. The van der Waals surface area contributed by atoms with Crippen molar-refractivity contribution < 1.29 is 42.1 Å². The van der Waals surface area contributed by atoms with E-state index >= 15 is 0 Å². The molecule has 0 heterocycles. The van der Waals surface area contributed by atoms with Gasteiger partial charge in [-0.3, -0.25) is 18.6 Å². The highest BCUT2D eigenvalue weighted by atomic mass is 31.2. The van der Waals surface area contributed by atoms with Gasteiger partial charge in [0, 0.05) is 12.8 Å². The predicted molar refractivity (Wildman–Crippen MR) is 399 cm³/mol. The van der Waals surface area contributed by atoms with Crippen molar-refractivity contribution in [3.8, 4) is 0 Å². The van der Waals surface area contributed by atoms with Gasteiger partial charge in [0.2, 0.25) is 0 Å². The Labute approximate surface area is 571 Å². The second kappa shape index (κ2) is 72.5. The van der Waals surface area contributed by atoms with Crippen LogP contribution in [0.4, 0.5) is 0 Å². The molecule has 0 fully saturated rings. The van der Waals surface area contributed by atoms with Crippen molar-refractivity contribution in [3.63, 3.8) is 0 Å². The fraction of sp³-hybridized carbons (Fsp3) is 0.805. The SMILES string of the molecule is CC/C=C\C/C=C\C/C=C\C/C=C\C/C=C\C/C=C\C/C=C\CCCCCCCCCCCCCCCCCC(=O)OC(COC(=O)CCCCCCCCCCCCCCCCCCCCCCCCCCCCCCCCC)COP(=O)(O)OCC[N+](C)(C)C. The van der Waals surface area contributed by atoms with Gasteiger partial charge in [-0.05, 0) is 70.6 Å². The van der Waals surface area contributed by atoms with Gasteiger partial charge < -0.3 is 18.9 Å². The predicted octanol–water partition coefficient (Wildman–Crippen LogP) is 26.1. The number of unbranched alkanes of at least 4 members (excludes halogenated alkanes) is 45. The van der Waals surface area contributed by atoms with E-state index in [0.29, 0.717) is 23.9 Å². The lowest BCUT2D eigenvalue weighted by Gasteiger charge is -2.24. The number of nitrogens with zero attached hydrogens (tertiary/aromatic N) is 1. The van der Waals surface area contributed by atoms with Crippen LogP contribution in [-0.4, -0.2) is 74.9 Å². The Balaban J connectivity index is 3.96. The number of rotatable bonds is 73. The lowest BCUT2D eigenvalue weighted by Crippen LogP contribution is -2.37. The average Bonchev–Trinajstić information content (AvgIpc) is 2.34. The van der Waals surface area contributed by atoms with Crippen LogP contribution in [0.1, 0.15) is 373 Å². The summed E-state index contributed by atoms with van der Waals surface area (Å²) in [6, 6.07) is 0. The Kier molecular flexibility index (Phi) is 70.2. The van der Waals surface area contributed by atoms with Crippen molar-refractivity contribution in [1.82, 2.24) is 0 Å². The lowest BCUT2D eigenvalue weighted by molar-refractivity contribution is -0.870. The number of likely N-dealkylation sites (N-methyl/N-ethyl adjacent to an activating group) is 1. The van der Waals surface area contributed by atoms with Crippen molar-refractivity contribution in [2.45, 2.75) is 380 Å². The molecule has 0 radical (unpaired) electrons. The number of phosphoric ester groups is 1. The topological polar surface area (TPSA) is 108 Å². The molecule has 0 aromatic rings. The van der Waals surface area contributed by atoms with Gasteiger partial charge in [-0.1, -0.05) is 375 Å². The maximum absolute atomic E-state index is 12.9. The molecule has 1 N–H and O–H groups in total. The van der Waals surface area contributed by atoms with E-state index in [9.17, 15) is 19.0 Å². The van der Waals surface area contributed by atoms with Crippen LogP contribution in [0.25, 0.3) is 0 Å². The second-order valence-corrected chi connectivity index (χ2v) is 29.2. The van der Waals surface area contributed by atoms with E-state index in [1.165, 1.54) is 263 Å². The summed E-state index contributed by atoms with van der Waals surface area (Å²) in [6.07, 6.45) is 100. The van der Waals surface area contributed by atoms with Gasteiger partial charge in [0.25, 0.3) is 0 Å². The molecule has 0 amide bonds. The van der Waals surface area contributed by atoms with Crippen LogP contribution < -0.4 is 0 Å². The summed E-state index contributed by atoms with van der Waals surface area (Å²) in [7, 11) is 1.49. The first-order valence-corrected chi connectivity index (χ1v) is 40.8. The Morgan fingerprint density at radius 1 is 0.348 bits per heavy atom. The standard InChI is InChI=1S/C82H150NO8P/c1-6-8-10-12-14-16-18-20-22-24-26-28-30-32-34-36-38-39-40-41-42-43-45-47-49-51-53-55-57-59-61-63-65-67-69-71-73-75-82(85)91-80(79-90-92(86,87)89-77-76-83(3,4)5)78-88-81(84)74-72-70-68-66-64-62-60-58-56-54-52-50-48-46-44-37-35-33-31-29-27-25-23-21-19-17-15-13-11-9-7-2/h8,10,14,16,20,22,26,28,32,34,38-39,41-42,80H,6-7,9,11-13,15,17-19,21,23-25,27,29-31,33,35-37,40,43-79H2,1-5H3/p+1/b10-8-,16-14-,22-20-,28-26-,34-32-,39-38-,42-41-. The Hall–Kier alpha value is -2.81. The van der Waals surface area contributed by atoms with E-state index in [2.05, 4.69) is 98.9 Å². The van der Waals surface area contributed by atoms with Gasteiger partial charge in [-0.2, -0.15) is 0 Å². The largest absolute Gasteiger partial charge is 0.472 e. The molecule has 0 aliphatic carbocycles. The summed E-state index contributed by atoms with van der Waals surface area (Å²) in [5.74, 6) is -0.780. The van der Waals surface area contributed by atoms with E-state index in [1.54, 1.807) is 0 Å². The number of carbonyl (C=O) groups is 2.